The van der Waals surface area contributed by atoms with E-state index in [1.54, 1.807) is 11.8 Å². The van der Waals surface area contributed by atoms with Crippen LogP contribution < -0.4 is 19.3 Å². The molecule has 0 amide bonds. The smallest absolute Gasteiger partial charge is 0.175 e. The second kappa shape index (κ2) is 9.33. The lowest BCUT2D eigenvalue weighted by molar-refractivity contribution is 0.175. The summed E-state index contributed by atoms with van der Waals surface area (Å²) in [6, 6.07) is 13.5. The van der Waals surface area contributed by atoms with Crippen LogP contribution in [0, 0.1) is 5.41 Å². The quantitative estimate of drug-likeness (QED) is 0.273. The summed E-state index contributed by atoms with van der Waals surface area (Å²) in [6.07, 6.45) is 9.35. The highest BCUT2D eigenvalue weighted by atomic mass is 32.2. The highest BCUT2D eigenvalue weighted by Crippen LogP contribution is 2.57. The van der Waals surface area contributed by atoms with Crippen LogP contribution in [-0.2, 0) is 22.2 Å². The van der Waals surface area contributed by atoms with E-state index in [9.17, 15) is 4.21 Å². The predicted molar refractivity (Wildman–Crippen MR) is 177 cm³/mol. The number of anilines is 2. The van der Waals surface area contributed by atoms with Crippen LogP contribution >= 0.6 is 11.8 Å². The summed E-state index contributed by atoms with van der Waals surface area (Å²) in [5, 5.41) is 0. The van der Waals surface area contributed by atoms with Gasteiger partial charge < -0.3 is 14.5 Å². The van der Waals surface area contributed by atoms with Crippen molar-refractivity contribution >= 4 is 51.2 Å². The molecule has 0 bridgehead atoms. The van der Waals surface area contributed by atoms with E-state index in [2.05, 4.69) is 69.2 Å². The Kier molecular flexibility index (Phi) is 5.55. The van der Waals surface area contributed by atoms with Crippen molar-refractivity contribution in [2.75, 3.05) is 36.0 Å². The van der Waals surface area contributed by atoms with Gasteiger partial charge in [-0.2, -0.15) is 0 Å². The molecule has 10 rings (SSSR count). The fraction of sp³-hybridized carbons (Fsp3) is 0.441. The number of ether oxygens (including phenoxy) is 1. The topological polar surface area (TPSA) is 87.9 Å². The third-order valence-electron chi connectivity index (χ3n) is 11.2. The van der Waals surface area contributed by atoms with Gasteiger partial charge in [0, 0.05) is 25.8 Å². The van der Waals surface area contributed by atoms with Gasteiger partial charge >= 0.3 is 0 Å². The van der Waals surface area contributed by atoms with Gasteiger partial charge in [-0.15, -0.1) is 0 Å². The number of hydrogen-bond donors (Lipinski definition) is 1. The molecule has 1 spiro atoms. The lowest BCUT2D eigenvalue weighted by atomic mass is 9.72. The summed E-state index contributed by atoms with van der Waals surface area (Å²) in [5.41, 5.74) is 7.07. The molecule has 3 atom stereocenters. The van der Waals surface area contributed by atoms with E-state index in [4.69, 9.17) is 19.7 Å². The molecule has 0 radical (unpaired) electrons. The van der Waals surface area contributed by atoms with Crippen molar-refractivity contribution in [3.63, 3.8) is 0 Å². The molecule has 1 aromatic carbocycles. The maximum absolute atomic E-state index is 13.4. The van der Waals surface area contributed by atoms with E-state index in [1.807, 2.05) is 12.4 Å². The molecule has 0 saturated carbocycles. The summed E-state index contributed by atoms with van der Waals surface area (Å²) in [5.74, 6) is 2.88. The molecule has 4 aliphatic heterocycles. The summed E-state index contributed by atoms with van der Waals surface area (Å²) >= 11 is 1.70. The molecular weight excluding hydrogens is 603 g/mol. The molecule has 2 unspecified atom stereocenters. The average Bonchev–Trinajstić information content (AvgIpc) is 3.84. The number of benzene rings is 1. The van der Waals surface area contributed by atoms with Gasteiger partial charge in [-0.05, 0) is 86.3 Å². The van der Waals surface area contributed by atoms with Gasteiger partial charge in [0.1, 0.15) is 28.8 Å². The van der Waals surface area contributed by atoms with Gasteiger partial charge in [0.2, 0.25) is 0 Å². The summed E-state index contributed by atoms with van der Waals surface area (Å²) < 4.78 is 25.1. The van der Waals surface area contributed by atoms with E-state index in [-0.39, 0.29) is 16.2 Å². The van der Waals surface area contributed by atoms with Crippen LogP contribution in [0.25, 0.3) is 16.8 Å². The standard InChI is InChI=1S/C34H35N7O2S2/c1-33(2)22-7-3-5-20-17-34(29(27(20)22)38-45(33)42)11-15-39(16-12-34)30-23-18-36-31-25(8-9-26(37-30)41(23)31)44-24-10-13-35-32-28(24)43-19-21-6-4-14-40(21)32/h3,5,7-10,13,18,21,29,38H,4,6,11-12,14-17,19H2,1-2H3/t21-,29?,45?/m0/s1. The number of nitrogens with zero attached hydrogens (tertiary/aromatic N) is 6. The molecule has 5 aromatic rings. The summed E-state index contributed by atoms with van der Waals surface area (Å²) in [6.45, 7) is 7.80. The number of fused-ring (bicyclic) bond motifs is 4. The van der Waals surface area contributed by atoms with Gasteiger partial charge in [0.05, 0.1) is 32.8 Å². The highest BCUT2D eigenvalue weighted by molar-refractivity contribution is 7.99. The highest BCUT2D eigenvalue weighted by Gasteiger charge is 2.54. The fourth-order valence-electron chi connectivity index (χ4n) is 8.79. The molecular formula is C34H35N7O2S2. The molecule has 45 heavy (non-hydrogen) atoms. The van der Waals surface area contributed by atoms with Crippen LogP contribution in [0.15, 0.2) is 58.6 Å². The number of imidazole rings is 2. The minimum atomic E-state index is -1.12. The van der Waals surface area contributed by atoms with E-state index < -0.39 is 11.0 Å². The first-order valence-electron chi connectivity index (χ1n) is 16.1. The van der Waals surface area contributed by atoms with Crippen LogP contribution in [0.1, 0.15) is 62.3 Å². The monoisotopic (exact) mass is 637 g/mol. The van der Waals surface area contributed by atoms with Crippen LogP contribution in [0.5, 0.6) is 5.75 Å². The number of hydrogen-bond acceptors (Lipinski definition) is 8. The average molecular weight is 638 g/mol. The molecule has 1 aliphatic carbocycles. The fourth-order valence-corrected chi connectivity index (χ4v) is 11.0. The second-order valence-electron chi connectivity index (χ2n) is 13.9. The molecule has 5 aliphatic rings. The van der Waals surface area contributed by atoms with Crippen molar-refractivity contribution in [2.45, 2.75) is 72.6 Å². The van der Waals surface area contributed by atoms with E-state index in [0.29, 0.717) is 6.04 Å². The Hall–Kier alpha value is -3.41. The van der Waals surface area contributed by atoms with E-state index in [0.717, 1.165) is 89.5 Å². The SMILES string of the molecule is CC1(C)c2cccc3c2C(NS1=O)C1(CCN(c2nc4ccc(Sc5ccnc6c5OC[C@@H]5CCCN65)c5ncc2n45)CC1)C3. The zero-order valence-electron chi connectivity index (χ0n) is 25.5. The maximum atomic E-state index is 13.4. The first-order valence-corrected chi connectivity index (χ1v) is 18.1. The molecule has 4 aromatic heterocycles. The number of rotatable bonds is 3. The zero-order valence-corrected chi connectivity index (χ0v) is 27.1. The first kappa shape index (κ1) is 26.8. The third-order valence-corrected chi connectivity index (χ3v) is 13.9. The largest absolute Gasteiger partial charge is 0.486 e. The lowest BCUT2D eigenvalue weighted by Gasteiger charge is -2.46. The molecule has 8 heterocycles. The van der Waals surface area contributed by atoms with Crippen molar-refractivity contribution in [2.24, 2.45) is 5.41 Å². The van der Waals surface area contributed by atoms with Crippen molar-refractivity contribution in [1.82, 2.24) is 24.1 Å². The van der Waals surface area contributed by atoms with Crippen molar-refractivity contribution in [1.29, 1.82) is 0 Å². The molecule has 230 valence electrons. The second-order valence-corrected chi connectivity index (χ2v) is 16.8. The number of aromatic nitrogens is 4. The molecule has 11 heteroatoms. The van der Waals surface area contributed by atoms with Crippen LogP contribution in [0.4, 0.5) is 11.6 Å². The van der Waals surface area contributed by atoms with Crippen LogP contribution in [0.3, 0.4) is 0 Å². The number of piperidine rings is 1. The van der Waals surface area contributed by atoms with Gasteiger partial charge in [0.25, 0.3) is 0 Å². The van der Waals surface area contributed by atoms with Crippen molar-refractivity contribution in [3.05, 3.63) is 65.5 Å². The maximum Gasteiger partial charge on any atom is 0.175 e. The Morgan fingerprint density at radius 1 is 1.04 bits per heavy atom. The van der Waals surface area contributed by atoms with Gasteiger partial charge in [-0.1, -0.05) is 30.0 Å². The molecule has 2 saturated heterocycles. The summed E-state index contributed by atoms with van der Waals surface area (Å²) in [7, 11) is -1.12. The van der Waals surface area contributed by atoms with Gasteiger partial charge in [-0.25, -0.2) is 23.9 Å². The molecule has 9 nitrogen and oxygen atoms in total. The Bertz CT molecular complexity index is 2030. The number of pyridine rings is 2. The van der Waals surface area contributed by atoms with Crippen molar-refractivity contribution in [3.8, 4) is 5.75 Å². The van der Waals surface area contributed by atoms with Gasteiger partial charge in [-0.3, -0.25) is 4.40 Å². The Balaban J connectivity index is 0.940. The number of nitrogens with one attached hydrogen (secondary N) is 1. The Morgan fingerprint density at radius 3 is 2.82 bits per heavy atom. The zero-order chi connectivity index (χ0) is 30.1. The predicted octanol–water partition coefficient (Wildman–Crippen LogP) is 5.61. The molecule has 1 N–H and O–H groups in total. The van der Waals surface area contributed by atoms with Crippen LogP contribution in [-0.4, -0.2) is 55.8 Å². The molecule has 2 fully saturated rings. The van der Waals surface area contributed by atoms with E-state index >= 15 is 0 Å². The Morgan fingerprint density at radius 2 is 1.93 bits per heavy atom. The van der Waals surface area contributed by atoms with Crippen LogP contribution in [0.2, 0.25) is 0 Å². The van der Waals surface area contributed by atoms with Crippen molar-refractivity contribution < 1.29 is 8.95 Å². The third kappa shape index (κ3) is 3.66. The summed E-state index contributed by atoms with van der Waals surface area (Å²) in [4.78, 5) is 21.8. The minimum Gasteiger partial charge on any atom is -0.486 e. The first-order chi connectivity index (χ1) is 21.9. The minimum absolute atomic E-state index is 0.0739. The lowest BCUT2D eigenvalue weighted by Crippen LogP contribution is -2.50. The van der Waals surface area contributed by atoms with Gasteiger partial charge in [0.15, 0.2) is 23.0 Å². The van der Waals surface area contributed by atoms with E-state index in [1.165, 1.54) is 29.5 Å². The normalized spacial score (nSPS) is 26.0. The Labute approximate surface area is 268 Å².